The average molecular weight is 1220 g/mol. The molecule has 444 valence electrons. The van der Waals surface area contributed by atoms with Crippen LogP contribution in [0.25, 0.3) is 44.6 Å². The fraction of sp³-hybridized carbons (Fsp3) is 0.273. The Morgan fingerprint density at radius 2 is 0.954 bits per heavy atom. The van der Waals surface area contributed by atoms with Crippen molar-refractivity contribution < 1.29 is 50.8 Å². The summed E-state index contributed by atoms with van der Waals surface area (Å²) < 4.78 is 98.0. The van der Waals surface area contributed by atoms with E-state index in [9.17, 15) is 9.59 Å². The van der Waals surface area contributed by atoms with Crippen molar-refractivity contribution in [2.75, 3.05) is 26.4 Å². The van der Waals surface area contributed by atoms with Crippen molar-refractivity contribution in [1.82, 2.24) is 39.0 Å². The summed E-state index contributed by atoms with van der Waals surface area (Å²) in [4.78, 5) is 55.4. The van der Waals surface area contributed by atoms with E-state index >= 15 is 17.6 Å². The molecule has 0 amide bonds. The molecule has 10 aromatic rings. The number of ether oxygens (including phenoxy) is 5. The highest BCUT2D eigenvalue weighted by molar-refractivity contribution is 6.30. The first-order valence-corrected chi connectivity index (χ1v) is 28.8. The smallest absolute Gasteiger partial charge is 0.346 e. The van der Waals surface area contributed by atoms with Crippen molar-refractivity contribution in [1.29, 1.82) is 0 Å². The summed E-state index contributed by atoms with van der Waals surface area (Å²) in [6, 6.07) is 29.8. The van der Waals surface area contributed by atoms with Gasteiger partial charge in [-0.2, -0.15) is 0 Å². The number of fused-ring (bicyclic) bond motifs is 2. The van der Waals surface area contributed by atoms with Gasteiger partial charge in [0.25, 0.3) is 0 Å². The lowest BCUT2D eigenvalue weighted by molar-refractivity contribution is 0.0397. The van der Waals surface area contributed by atoms with E-state index in [2.05, 4.69) is 19.9 Å². The minimum atomic E-state index is -0.958. The number of aromatic nitrogens is 8. The molecule has 4 aromatic carbocycles. The van der Waals surface area contributed by atoms with Gasteiger partial charge in [0.15, 0.2) is 0 Å². The van der Waals surface area contributed by atoms with Crippen molar-refractivity contribution in [2.24, 2.45) is 10.8 Å². The first-order chi connectivity index (χ1) is 41.7. The molecule has 0 N–H and O–H groups in total. The zero-order valence-corrected chi connectivity index (χ0v) is 49.6. The molecule has 21 heteroatoms. The van der Waals surface area contributed by atoms with Crippen LogP contribution in [-0.4, -0.2) is 77.4 Å². The SMILES string of the molecule is Cc1ccc(COc2cccc(-c3cc(F)c(Cc4nc5ccc(C(=O)OC(=O)c6ccc7nc(Cc8cc(F)c(-c9cccc(OCc%10ccc(C)nc%10Cl)n9)cc8F)n(C8COCC8(C)C)c7c6)cc5n4C4COCC4(C)C)cc3F)n2)c(Cl)n1. The fourth-order valence-electron chi connectivity index (χ4n) is 11.1. The van der Waals surface area contributed by atoms with E-state index in [1.54, 1.807) is 84.9 Å². The molecule has 87 heavy (non-hydrogen) atoms. The Hall–Kier alpha value is -8.62. The van der Waals surface area contributed by atoms with Crippen molar-refractivity contribution >= 4 is 57.2 Å². The van der Waals surface area contributed by atoms with Crippen LogP contribution in [0.3, 0.4) is 0 Å². The Morgan fingerprint density at radius 1 is 0.529 bits per heavy atom. The lowest BCUT2D eigenvalue weighted by Crippen LogP contribution is -2.27. The molecule has 2 aliphatic heterocycles. The van der Waals surface area contributed by atoms with Gasteiger partial charge >= 0.3 is 11.9 Å². The number of hydrogen-bond donors (Lipinski definition) is 0. The van der Waals surface area contributed by atoms with E-state index < -0.39 is 46.0 Å². The topological polar surface area (TPSA) is 167 Å². The van der Waals surface area contributed by atoms with Gasteiger partial charge in [-0.1, -0.05) is 75.2 Å². The zero-order chi connectivity index (χ0) is 61.1. The average Bonchev–Trinajstić information content (AvgIpc) is 2.25. The van der Waals surface area contributed by atoms with Crippen LogP contribution in [0.2, 0.25) is 10.3 Å². The molecule has 12 rings (SSSR count). The van der Waals surface area contributed by atoms with Crippen LogP contribution >= 0.6 is 23.2 Å². The summed E-state index contributed by atoms with van der Waals surface area (Å²) in [7, 11) is 0. The highest BCUT2D eigenvalue weighted by atomic mass is 35.5. The van der Waals surface area contributed by atoms with Gasteiger partial charge in [-0.25, -0.2) is 57.1 Å². The summed E-state index contributed by atoms with van der Waals surface area (Å²) in [6.07, 6.45) is -0.274. The van der Waals surface area contributed by atoms with Crippen LogP contribution in [0.1, 0.15) is 106 Å². The van der Waals surface area contributed by atoms with Gasteiger partial charge in [0, 0.05) is 69.4 Å². The molecule has 0 saturated carbocycles. The van der Waals surface area contributed by atoms with Gasteiger partial charge in [0.1, 0.15) is 58.4 Å². The van der Waals surface area contributed by atoms with Crippen LogP contribution in [-0.2, 0) is 40.3 Å². The molecule has 2 fully saturated rings. The van der Waals surface area contributed by atoms with Crippen LogP contribution < -0.4 is 9.47 Å². The van der Waals surface area contributed by atoms with Crippen LogP contribution in [0.4, 0.5) is 17.6 Å². The number of rotatable bonds is 16. The summed E-state index contributed by atoms with van der Waals surface area (Å²) in [5.74, 6) is -3.64. The van der Waals surface area contributed by atoms with Gasteiger partial charge in [-0.05, 0) is 110 Å². The molecule has 6 aromatic heterocycles. The summed E-state index contributed by atoms with van der Waals surface area (Å²) in [5.41, 5.74) is 3.97. The van der Waals surface area contributed by atoms with E-state index in [-0.39, 0.29) is 108 Å². The Bertz CT molecular complexity index is 4110. The van der Waals surface area contributed by atoms with Crippen LogP contribution in [0, 0.1) is 47.9 Å². The maximum atomic E-state index is 16.3. The van der Waals surface area contributed by atoms with E-state index in [4.69, 9.17) is 56.9 Å². The Balaban J connectivity index is 0.792. The second-order valence-electron chi connectivity index (χ2n) is 23.2. The minimum absolute atomic E-state index is 0.0235. The molecular formula is C66H56Cl2F4N8O7. The molecule has 15 nitrogen and oxygen atoms in total. The molecule has 0 spiro atoms. The van der Waals surface area contributed by atoms with Crippen molar-refractivity contribution in [3.05, 3.63) is 211 Å². The molecular weight excluding hydrogens is 1160 g/mol. The number of nitrogens with zero attached hydrogens (tertiary/aromatic N) is 8. The van der Waals surface area contributed by atoms with Gasteiger partial charge in [0.05, 0.1) is 83.1 Å². The van der Waals surface area contributed by atoms with E-state index in [1.165, 1.54) is 12.1 Å². The number of carbonyl (C=O) groups excluding carboxylic acids is 2. The summed E-state index contributed by atoms with van der Waals surface area (Å²) >= 11 is 12.6. The number of hydrogen-bond acceptors (Lipinski definition) is 13. The first kappa shape index (κ1) is 58.7. The number of benzene rings is 4. The van der Waals surface area contributed by atoms with E-state index in [0.29, 0.717) is 68.4 Å². The molecule has 2 saturated heterocycles. The number of carbonyl (C=O) groups is 2. The summed E-state index contributed by atoms with van der Waals surface area (Å²) in [5, 5.41) is 0.580. The van der Waals surface area contributed by atoms with Crippen LogP contribution in [0.5, 0.6) is 11.8 Å². The van der Waals surface area contributed by atoms with Gasteiger partial charge in [0.2, 0.25) is 11.8 Å². The number of halogens is 6. The molecule has 8 heterocycles. The van der Waals surface area contributed by atoms with Crippen molar-refractivity contribution in [3.63, 3.8) is 0 Å². The number of pyridine rings is 4. The lowest BCUT2D eigenvalue weighted by Gasteiger charge is -2.28. The maximum absolute atomic E-state index is 16.3. The van der Waals surface area contributed by atoms with Gasteiger partial charge in [-0.15, -0.1) is 0 Å². The third kappa shape index (κ3) is 12.0. The first-order valence-electron chi connectivity index (χ1n) is 28.0. The highest BCUT2D eigenvalue weighted by Gasteiger charge is 2.41. The maximum Gasteiger partial charge on any atom is 0.346 e. The van der Waals surface area contributed by atoms with Crippen molar-refractivity contribution in [2.45, 2.75) is 79.7 Å². The van der Waals surface area contributed by atoms with E-state index in [1.807, 2.05) is 50.7 Å². The zero-order valence-electron chi connectivity index (χ0n) is 48.1. The minimum Gasteiger partial charge on any atom is -0.473 e. The molecule has 0 bridgehead atoms. The molecule has 0 aliphatic carbocycles. The Labute approximate surface area is 507 Å². The predicted molar refractivity (Wildman–Crippen MR) is 318 cm³/mol. The normalized spacial score (nSPS) is 16.2. The number of aryl methyl sites for hydroxylation is 2. The second-order valence-corrected chi connectivity index (χ2v) is 23.9. The quantitative estimate of drug-likeness (QED) is 0.0388. The Kier molecular flexibility index (Phi) is 15.9. The third-order valence-electron chi connectivity index (χ3n) is 16.0. The molecule has 2 unspecified atom stereocenters. The fourth-order valence-corrected chi connectivity index (χ4v) is 11.6. The molecule has 2 atom stereocenters. The van der Waals surface area contributed by atoms with Gasteiger partial charge < -0.3 is 32.8 Å². The predicted octanol–water partition coefficient (Wildman–Crippen LogP) is 14.3. The molecule has 0 radical (unpaired) electrons. The third-order valence-corrected chi connectivity index (χ3v) is 16.6. The van der Waals surface area contributed by atoms with Gasteiger partial charge in [-0.3, -0.25) is 0 Å². The molecule has 2 aliphatic rings. The lowest BCUT2D eigenvalue weighted by atomic mass is 9.87. The largest absolute Gasteiger partial charge is 0.473 e. The standard InChI is InChI=1S/C66H56Cl2F4N8O7/c1-35-13-15-39(61(67)73-35)29-85-59-11-7-9-49(77-59)43-27-45(69)41(21-47(43)71)25-57-75-51-19-17-37(23-53(51)79(57)55-31-83-33-65(55,3)4)63(81)87-64(82)38-18-20-52-54(24-38)80(56-32-84-34-66(56,5)6)58(76-52)26-42-22-48(72)44(28-46(42)70)50-10-8-12-60(78-50)86-30-40-16-14-36(2)74-62(40)68/h7-24,27-28,55-56H,25-26,29-34H2,1-6H3. The highest BCUT2D eigenvalue weighted by Crippen LogP contribution is 2.43. The Morgan fingerprint density at radius 3 is 1.34 bits per heavy atom. The van der Waals surface area contributed by atoms with Crippen LogP contribution in [0.15, 0.2) is 121 Å². The van der Waals surface area contributed by atoms with Crippen molar-refractivity contribution in [3.8, 4) is 34.3 Å². The monoisotopic (exact) mass is 1220 g/mol. The number of esters is 2. The summed E-state index contributed by atoms with van der Waals surface area (Å²) in [6.45, 7) is 13.1. The van der Waals surface area contributed by atoms with E-state index in [0.717, 1.165) is 35.7 Å². The second kappa shape index (κ2) is 23.6. The number of imidazole rings is 2.